The van der Waals surface area contributed by atoms with Gasteiger partial charge in [-0.05, 0) is 18.6 Å². The molecular weight excluding hydrogens is 327 g/mol. The average Bonchev–Trinajstić information content (AvgIpc) is 3.17. The van der Waals surface area contributed by atoms with Gasteiger partial charge in [-0.25, -0.2) is 13.9 Å². The number of amides is 3. The van der Waals surface area contributed by atoms with E-state index < -0.39 is 12.1 Å². The van der Waals surface area contributed by atoms with E-state index in [9.17, 15) is 14.0 Å². The van der Waals surface area contributed by atoms with Crippen molar-refractivity contribution < 1.29 is 14.0 Å². The molecule has 0 unspecified atom stereocenters. The number of carbonyl (C=O) groups is 2. The van der Waals surface area contributed by atoms with Crippen LogP contribution in [0.25, 0.3) is 0 Å². The molecule has 25 heavy (non-hydrogen) atoms. The molecule has 1 aliphatic heterocycles. The van der Waals surface area contributed by atoms with Crippen LogP contribution < -0.4 is 11.1 Å². The Labute approximate surface area is 143 Å². The molecule has 0 bridgehead atoms. The Kier molecular flexibility index (Phi) is 4.64. The van der Waals surface area contributed by atoms with Crippen LogP contribution in [-0.2, 0) is 6.54 Å². The highest BCUT2D eigenvalue weighted by molar-refractivity contribution is 5.91. The minimum Gasteiger partial charge on any atom is -0.364 e. The number of aromatic nitrogens is 3. The summed E-state index contributed by atoms with van der Waals surface area (Å²) in [4.78, 5) is 25.1. The van der Waals surface area contributed by atoms with E-state index in [0.717, 1.165) is 5.56 Å². The van der Waals surface area contributed by atoms with Crippen molar-refractivity contribution in [3.63, 3.8) is 0 Å². The third-order valence-electron chi connectivity index (χ3n) is 4.20. The minimum atomic E-state index is -1.10. The summed E-state index contributed by atoms with van der Waals surface area (Å²) in [6.07, 6.45) is 0.491. The lowest BCUT2D eigenvalue weighted by molar-refractivity contribution is 0.0995. The van der Waals surface area contributed by atoms with Gasteiger partial charge in [0.1, 0.15) is 6.17 Å². The van der Waals surface area contributed by atoms with Crippen molar-refractivity contribution >= 4 is 17.6 Å². The number of hydrogen-bond acceptors (Lipinski definition) is 4. The molecule has 1 fully saturated rings. The topological polar surface area (TPSA) is 106 Å². The molecule has 3 rings (SSSR count). The van der Waals surface area contributed by atoms with Gasteiger partial charge >= 0.3 is 6.03 Å². The lowest BCUT2D eigenvalue weighted by Gasteiger charge is -2.24. The Balaban J connectivity index is 1.71. The van der Waals surface area contributed by atoms with Gasteiger partial charge in [0.2, 0.25) is 0 Å². The molecule has 2 atom stereocenters. The molecule has 1 aliphatic rings. The van der Waals surface area contributed by atoms with Gasteiger partial charge in [-0.3, -0.25) is 4.79 Å². The molecule has 0 saturated carbocycles. The summed E-state index contributed by atoms with van der Waals surface area (Å²) < 4.78 is 15.3. The summed E-state index contributed by atoms with van der Waals surface area (Å²) in [7, 11) is 0. The number of carbonyl (C=O) groups excluding carboxylic acids is 2. The summed E-state index contributed by atoms with van der Waals surface area (Å²) in [5, 5.41) is 10.3. The molecule has 1 saturated heterocycles. The number of halogens is 1. The molecule has 3 amide bonds. The van der Waals surface area contributed by atoms with Gasteiger partial charge in [0.15, 0.2) is 5.69 Å². The van der Waals surface area contributed by atoms with E-state index in [1.165, 1.54) is 15.8 Å². The molecule has 1 aromatic carbocycles. The first-order chi connectivity index (χ1) is 11.9. The molecule has 2 aromatic rings. The van der Waals surface area contributed by atoms with Gasteiger partial charge in [-0.2, -0.15) is 0 Å². The largest absolute Gasteiger partial charge is 0.364 e. The maximum absolute atomic E-state index is 13.9. The van der Waals surface area contributed by atoms with E-state index in [2.05, 4.69) is 15.6 Å². The van der Waals surface area contributed by atoms with Crippen molar-refractivity contribution in [2.75, 3.05) is 11.9 Å². The Hall–Kier alpha value is -2.97. The number of alkyl halides is 1. The standard InChI is InChI=1S/C16H19FN6O2/c1-10-4-2-3-5-13(10)19-16(25)23-7-11(17)6-12(23)8-22-9-14(15(18)24)20-21-22/h2-5,9,11-12H,6-8H2,1H3,(H2,18,24)(H,19,25)/t11-,12-/m0/s1. The van der Waals surface area contributed by atoms with Gasteiger partial charge in [0.25, 0.3) is 5.91 Å². The van der Waals surface area contributed by atoms with Crippen LogP contribution >= 0.6 is 0 Å². The SMILES string of the molecule is Cc1ccccc1NC(=O)N1C[C@@H](F)C[C@H]1Cn1cc(C(N)=O)nn1. The van der Waals surface area contributed by atoms with Crippen molar-refractivity contribution in [3.8, 4) is 0 Å². The second-order valence-corrected chi connectivity index (χ2v) is 6.07. The van der Waals surface area contributed by atoms with Gasteiger partial charge in [-0.15, -0.1) is 5.10 Å². The summed E-state index contributed by atoms with van der Waals surface area (Å²) >= 11 is 0. The van der Waals surface area contributed by atoms with Crippen LogP contribution in [0.3, 0.4) is 0 Å². The molecule has 132 valence electrons. The quantitative estimate of drug-likeness (QED) is 0.871. The number of aryl methyl sites for hydroxylation is 1. The highest BCUT2D eigenvalue weighted by Crippen LogP contribution is 2.23. The predicted octanol–water partition coefficient (Wildman–Crippen LogP) is 1.33. The molecule has 0 spiro atoms. The molecule has 9 heteroatoms. The molecule has 8 nitrogen and oxygen atoms in total. The van der Waals surface area contributed by atoms with E-state index in [-0.39, 0.29) is 37.3 Å². The zero-order valence-corrected chi connectivity index (χ0v) is 13.7. The lowest BCUT2D eigenvalue weighted by Crippen LogP contribution is -2.41. The van der Waals surface area contributed by atoms with Crippen LogP contribution in [-0.4, -0.2) is 50.6 Å². The van der Waals surface area contributed by atoms with Gasteiger partial charge in [0, 0.05) is 12.1 Å². The fourth-order valence-electron chi connectivity index (χ4n) is 2.90. The second kappa shape index (κ2) is 6.88. The summed E-state index contributed by atoms with van der Waals surface area (Å²) in [6, 6.07) is 6.62. The van der Waals surface area contributed by atoms with E-state index in [1.807, 2.05) is 25.1 Å². The predicted molar refractivity (Wildman–Crippen MR) is 88.7 cm³/mol. The number of nitrogens with zero attached hydrogens (tertiary/aromatic N) is 4. The molecule has 2 heterocycles. The Morgan fingerprint density at radius 2 is 2.16 bits per heavy atom. The number of rotatable bonds is 4. The number of hydrogen-bond donors (Lipinski definition) is 2. The van der Waals surface area contributed by atoms with Crippen LogP contribution in [0.1, 0.15) is 22.5 Å². The number of likely N-dealkylation sites (tertiary alicyclic amines) is 1. The fraction of sp³-hybridized carbons (Fsp3) is 0.375. The summed E-state index contributed by atoms with van der Waals surface area (Å²) in [5.74, 6) is -0.685. The third-order valence-corrected chi connectivity index (χ3v) is 4.20. The number of anilines is 1. The summed E-state index contributed by atoms with van der Waals surface area (Å²) in [6.45, 7) is 2.14. The first kappa shape index (κ1) is 16.9. The number of nitrogens with two attached hydrogens (primary N) is 1. The monoisotopic (exact) mass is 346 g/mol. The maximum Gasteiger partial charge on any atom is 0.322 e. The zero-order valence-electron chi connectivity index (χ0n) is 13.7. The van der Waals surface area contributed by atoms with Crippen molar-refractivity contribution in [2.24, 2.45) is 5.73 Å². The van der Waals surface area contributed by atoms with Crippen LogP contribution in [0.5, 0.6) is 0 Å². The van der Waals surface area contributed by atoms with Crippen molar-refractivity contribution in [1.29, 1.82) is 0 Å². The minimum absolute atomic E-state index is 0.0136. The highest BCUT2D eigenvalue weighted by Gasteiger charge is 2.36. The first-order valence-corrected chi connectivity index (χ1v) is 7.91. The Bertz CT molecular complexity index is 792. The Morgan fingerprint density at radius 3 is 2.84 bits per heavy atom. The number of primary amides is 1. The van der Waals surface area contributed by atoms with E-state index in [4.69, 9.17) is 5.73 Å². The Morgan fingerprint density at radius 1 is 1.40 bits per heavy atom. The molecule has 1 aromatic heterocycles. The van der Waals surface area contributed by atoms with Crippen molar-refractivity contribution in [3.05, 3.63) is 41.7 Å². The molecule has 3 N–H and O–H groups in total. The average molecular weight is 346 g/mol. The number of nitrogens with one attached hydrogen (secondary N) is 1. The van der Waals surface area contributed by atoms with Gasteiger partial charge in [-0.1, -0.05) is 23.4 Å². The smallest absolute Gasteiger partial charge is 0.322 e. The van der Waals surface area contributed by atoms with Crippen LogP contribution in [0, 0.1) is 6.92 Å². The fourth-order valence-corrected chi connectivity index (χ4v) is 2.90. The van der Waals surface area contributed by atoms with E-state index in [0.29, 0.717) is 5.69 Å². The third kappa shape index (κ3) is 3.76. The first-order valence-electron chi connectivity index (χ1n) is 7.91. The van der Waals surface area contributed by atoms with Gasteiger partial charge < -0.3 is 16.0 Å². The number of para-hydroxylation sites is 1. The zero-order chi connectivity index (χ0) is 18.0. The van der Waals surface area contributed by atoms with Crippen molar-refractivity contribution in [1.82, 2.24) is 19.9 Å². The van der Waals surface area contributed by atoms with E-state index in [1.54, 1.807) is 6.07 Å². The van der Waals surface area contributed by atoms with Gasteiger partial charge in [0.05, 0.1) is 25.3 Å². The van der Waals surface area contributed by atoms with Crippen LogP contribution in [0.15, 0.2) is 30.5 Å². The van der Waals surface area contributed by atoms with Crippen LogP contribution in [0.4, 0.5) is 14.9 Å². The van der Waals surface area contributed by atoms with E-state index >= 15 is 0 Å². The number of benzene rings is 1. The highest BCUT2D eigenvalue weighted by atomic mass is 19.1. The molecular formula is C16H19FN6O2. The number of urea groups is 1. The van der Waals surface area contributed by atoms with Crippen molar-refractivity contribution in [2.45, 2.75) is 32.1 Å². The lowest BCUT2D eigenvalue weighted by atomic mass is 10.2. The molecule has 0 aliphatic carbocycles. The molecule has 0 radical (unpaired) electrons. The maximum atomic E-state index is 13.9. The summed E-state index contributed by atoms with van der Waals surface area (Å²) in [5.41, 5.74) is 6.78. The second-order valence-electron chi connectivity index (χ2n) is 6.07. The normalized spacial score (nSPS) is 19.8. The van der Waals surface area contributed by atoms with Crippen LogP contribution in [0.2, 0.25) is 0 Å².